The van der Waals surface area contributed by atoms with Gasteiger partial charge in [0.25, 0.3) is 5.69 Å². The topological polar surface area (TPSA) is 58.4 Å². The molecule has 21 heavy (non-hydrogen) atoms. The summed E-state index contributed by atoms with van der Waals surface area (Å²) < 4.78 is 0.708. The number of halogens is 1. The first-order chi connectivity index (χ1) is 10.2. The molecule has 0 saturated carbocycles. The second-order valence-electron chi connectivity index (χ2n) is 4.85. The van der Waals surface area contributed by atoms with E-state index in [9.17, 15) is 10.1 Å². The first-order valence-electron chi connectivity index (χ1n) is 6.67. The maximum atomic E-state index is 11.4. The van der Waals surface area contributed by atoms with Gasteiger partial charge in [-0.3, -0.25) is 10.1 Å². The predicted molar refractivity (Wildman–Crippen MR) is 86.0 cm³/mol. The SMILES string of the molecule is O=[N+]([O-])c1cc(Br)ccc1N1CCNCc2ccccc21. The van der Waals surface area contributed by atoms with Crippen LogP contribution in [0.4, 0.5) is 17.1 Å². The number of nitrogens with zero attached hydrogens (tertiary/aromatic N) is 2. The normalized spacial score (nSPS) is 14.4. The average molecular weight is 348 g/mol. The van der Waals surface area contributed by atoms with Crippen LogP contribution >= 0.6 is 15.9 Å². The molecule has 2 aromatic rings. The van der Waals surface area contributed by atoms with Crippen molar-refractivity contribution in [3.63, 3.8) is 0 Å². The summed E-state index contributed by atoms with van der Waals surface area (Å²) >= 11 is 3.30. The standard InChI is InChI=1S/C15H14BrN3O2/c16-12-5-6-14(15(9-12)19(20)21)18-8-7-17-10-11-3-1-2-4-13(11)18/h1-6,9,17H,7-8,10H2. The van der Waals surface area contributed by atoms with Crippen LogP contribution in [0.25, 0.3) is 0 Å². The van der Waals surface area contributed by atoms with Gasteiger partial charge in [0.2, 0.25) is 0 Å². The first-order valence-corrected chi connectivity index (χ1v) is 7.46. The van der Waals surface area contributed by atoms with Gasteiger partial charge in [-0.2, -0.15) is 0 Å². The Morgan fingerprint density at radius 3 is 2.81 bits per heavy atom. The Hall–Kier alpha value is -1.92. The smallest absolute Gasteiger partial charge is 0.294 e. The molecule has 0 atom stereocenters. The lowest BCUT2D eigenvalue weighted by atomic mass is 10.1. The summed E-state index contributed by atoms with van der Waals surface area (Å²) in [5, 5.41) is 14.7. The molecule has 1 aliphatic rings. The minimum Gasteiger partial charge on any atom is -0.334 e. The van der Waals surface area contributed by atoms with Crippen LogP contribution in [0, 0.1) is 10.1 Å². The zero-order valence-corrected chi connectivity index (χ0v) is 12.8. The van der Waals surface area contributed by atoms with E-state index in [1.54, 1.807) is 12.1 Å². The van der Waals surface area contributed by atoms with Crippen molar-refractivity contribution in [1.29, 1.82) is 0 Å². The molecule has 0 aromatic heterocycles. The molecule has 1 N–H and O–H groups in total. The van der Waals surface area contributed by atoms with Crippen LogP contribution in [0.1, 0.15) is 5.56 Å². The fourth-order valence-electron chi connectivity index (χ4n) is 2.58. The molecule has 1 aliphatic heterocycles. The van der Waals surface area contributed by atoms with Crippen molar-refractivity contribution in [2.75, 3.05) is 18.0 Å². The number of hydrogen-bond acceptors (Lipinski definition) is 4. The quantitative estimate of drug-likeness (QED) is 0.666. The number of nitro benzene ring substituents is 1. The first kappa shape index (κ1) is 14.0. The average Bonchev–Trinajstić information content (AvgIpc) is 2.69. The summed E-state index contributed by atoms with van der Waals surface area (Å²) in [6, 6.07) is 13.2. The fraction of sp³-hybridized carbons (Fsp3) is 0.200. The van der Waals surface area contributed by atoms with E-state index >= 15 is 0 Å². The molecule has 5 nitrogen and oxygen atoms in total. The van der Waals surface area contributed by atoms with E-state index in [0.29, 0.717) is 16.7 Å². The molecule has 0 bridgehead atoms. The number of anilines is 2. The molecule has 0 radical (unpaired) electrons. The third-order valence-corrected chi connectivity index (χ3v) is 4.03. The van der Waals surface area contributed by atoms with Crippen LogP contribution in [0.3, 0.4) is 0 Å². The molecule has 0 aliphatic carbocycles. The van der Waals surface area contributed by atoms with E-state index in [-0.39, 0.29) is 10.6 Å². The highest BCUT2D eigenvalue weighted by atomic mass is 79.9. The second-order valence-corrected chi connectivity index (χ2v) is 5.76. The Balaban J connectivity index is 2.14. The molecule has 0 spiro atoms. The lowest BCUT2D eigenvalue weighted by Gasteiger charge is -2.24. The second kappa shape index (κ2) is 5.83. The van der Waals surface area contributed by atoms with E-state index in [0.717, 1.165) is 24.3 Å². The van der Waals surface area contributed by atoms with Crippen molar-refractivity contribution in [2.24, 2.45) is 0 Å². The minimum atomic E-state index is -0.332. The Morgan fingerprint density at radius 2 is 2.00 bits per heavy atom. The Labute approximate surface area is 130 Å². The van der Waals surface area contributed by atoms with E-state index < -0.39 is 0 Å². The summed E-state index contributed by atoms with van der Waals surface area (Å²) in [6.07, 6.45) is 0. The molecular weight excluding hydrogens is 334 g/mol. The summed E-state index contributed by atoms with van der Waals surface area (Å²) in [7, 11) is 0. The van der Waals surface area contributed by atoms with Crippen molar-refractivity contribution in [3.8, 4) is 0 Å². The molecule has 108 valence electrons. The van der Waals surface area contributed by atoms with Crippen molar-refractivity contribution in [1.82, 2.24) is 5.32 Å². The highest BCUT2D eigenvalue weighted by Crippen LogP contribution is 2.37. The van der Waals surface area contributed by atoms with Gasteiger partial charge in [0.1, 0.15) is 5.69 Å². The number of benzene rings is 2. The zero-order valence-electron chi connectivity index (χ0n) is 11.3. The van der Waals surface area contributed by atoms with Gasteiger partial charge in [0.05, 0.1) is 4.92 Å². The van der Waals surface area contributed by atoms with Crippen LogP contribution in [-0.2, 0) is 6.54 Å². The van der Waals surface area contributed by atoms with Gasteiger partial charge in [0, 0.05) is 35.9 Å². The maximum absolute atomic E-state index is 11.4. The number of nitrogens with one attached hydrogen (secondary N) is 1. The van der Waals surface area contributed by atoms with Gasteiger partial charge in [-0.1, -0.05) is 34.1 Å². The minimum absolute atomic E-state index is 0.112. The van der Waals surface area contributed by atoms with E-state index in [1.165, 1.54) is 0 Å². The summed E-state index contributed by atoms with van der Waals surface area (Å²) in [4.78, 5) is 13.0. The fourth-order valence-corrected chi connectivity index (χ4v) is 2.93. The van der Waals surface area contributed by atoms with Crippen molar-refractivity contribution < 1.29 is 4.92 Å². The van der Waals surface area contributed by atoms with Gasteiger partial charge in [-0.15, -0.1) is 0 Å². The van der Waals surface area contributed by atoms with Crippen molar-refractivity contribution >= 4 is 33.0 Å². The third-order valence-electron chi connectivity index (χ3n) is 3.54. The molecule has 6 heteroatoms. The van der Waals surface area contributed by atoms with Crippen LogP contribution in [0.5, 0.6) is 0 Å². The Morgan fingerprint density at radius 1 is 1.19 bits per heavy atom. The number of nitro groups is 1. The molecule has 0 saturated heterocycles. The summed E-state index contributed by atoms with van der Waals surface area (Å²) in [5.41, 5.74) is 2.90. The highest BCUT2D eigenvalue weighted by molar-refractivity contribution is 9.10. The number of para-hydroxylation sites is 1. The molecule has 0 fully saturated rings. The molecule has 1 heterocycles. The van der Waals surface area contributed by atoms with Gasteiger partial charge in [0.15, 0.2) is 0 Å². The Kier molecular flexibility index (Phi) is 3.90. The lowest BCUT2D eigenvalue weighted by molar-refractivity contribution is -0.384. The summed E-state index contributed by atoms with van der Waals surface area (Å²) in [5.74, 6) is 0. The molecule has 0 amide bonds. The van der Waals surface area contributed by atoms with E-state index in [1.807, 2.05) is 35.2 Å². The molecular formula is C15H14BrN3O2. The summed E-state index contributed by atoms with van der Waals surface area (Å²) in [6.45, 7) is 2.25. The molecule has 0 unspecified atom stereocenters. The van der Waals surface area contributed by atoms with Crippen molar-refractivity contribution in [3.05, 3.63) is 62.6 Å². The van der Waals surface area contributed by atoms with Gasteiger partial charge >= 0.3 is 0 Å². The molecule has 2 aromatic carbocycles. The maximum Gasteiger partial charge on any atom is 0.294 e. The van der Waals surface area contributed by atoms with Gasteiger partial charge in [-0.25, -0.2) is 0 Å². The molecule has 3 rings (SSSR count). The predicted octanol–water partition coefficient (Wildman–Crippen LogP) is 3.60. The van der Waals surface area contributed by atoms with Crippen LogP contribution in [0.15, 0.2) is 46.9 Å². The zero-order chi connectivity index (χ0) is 14.8. The third kappa shape index (κ3) is 2.77. The van der Waals surface area contributed by atoms with E-state index in [2.05, 4.69) is 21.2 Å². The van der Waals surface area contributed by atoms with Gasteiger partial charge in [-0.05, 0) is 23.8 Å². The number of hydrogen-bond donors (Lipinski definition) is 1. The number of fused-ring (bicyclic) bond motifs is 1. The highest BCUT2D eigenvalue weighted by Gasteiger charge is 2.23. The largest absolute Gasteiger partial charge is 0.334 e. The van der Waals surface area contributed by atoms with Gasteiger partial charge < -0.3 is 10.2 Å². The number of rotatable bonds is 2. The Bertz CT molecular complexity index is 690. The van der Waals surface area contributed by atoms with Crippen LogP contribution < -0.4 is 10.2 Å². The van der Waals surface area contributed by atoms with Crippen LogP contribution in [-0.4, -0.2) is 18.0 Å². The van der Waals surface area contributed by atoms with Crippen molar-refractivity contribution in [2.45, 2.75) is 6.54 Å². The monoisotopic (exact) mass is 347 g/mol. The van der Waals surface area contributed by atoms with Crippen LogP contribution in [0.2, 0.25) is 0 Å². The van der Waals surface area contributed by atoms with E-state index in [4.69, 9.17) is 0 Å². The lowest BCUT2D eigenvalue weighted by Crippen LogP contribution is -2.25.